The lowest BCUT2D eigenvalue weighted by molar-refractivity contribution is 0.0617. The molecule has 214 valence electrons. The Kier molecular flexibility index (Phi) is 7.54. The summed E-state index contributed by atoms with van der Waals surface area (Å²) in [5.41, 5.74) is 3.33. The highest BCUT2D eigenvalue weighted by Gasteiger charge is 2.34. The predicted molar refractivity (Wildman–Crippen MR) is 157 cm³/mol. The van der Waals surface area contributed by atoms with E-state index in [0.29, 0.717) is 33.6 Å². The molecule has 4 heterocycles. The maximum atomic E-state index is 13.5. The van der Waals surface area contributed by atoms with Gasteiger partial charge >= 0.3 is 0 Å². The van der Waals surface area contributed by atoms with Crippen molar-refractivity contribution in [2.75, 3.05) is 38.6 Å². The van der Waals surface area contributed by atoms with Crippen molar-refractivity contribution in [3.05, 3.63) is 74.4 Å². The molecule has 1 unspecified atom stereocenters. The van der Waals surface area contributed by atoms with Crippen molar-refractivity contribution in [1.29, 1.82) is 0 Å². The number of rotatable bonds is 8. The minimum atomic E-state index is -0.950. The number of aliphatic hydroxyl groups excluding tert-OH is 1. The van der Waals surface area contributed by atoms with Crippen LogP contribution < -0.4 is 15.6 Å². The van der Waals surface area contributed by atoms with Gasteiger partial charge in [0.25, 0.3) is 11.5 Å². The number of benzene rings is 2. The van der Waals surface area contributed by atoms with Crippen molar-refractivity contribution in [1.82, 2.24) is 24.8 Å². The van der Waals surface area contributed by atoms with Crippen LogP contribution in [0.5, 0.6) is 5.75 Å². The molecule has 2 aliphatic heterocycles. The van der Waals surface area contributed by atoms with Crippen molar-refractivity contribution in [3.8, 4) is 17.1 Å². The Bertz CT molecular complexity index is 1670. The molecule has 1 fully saturated rings. The molecular formula is C29H30BrFN6O4. The van der Waals surface area contributed by atoms with Gasteiger partial charge in [0.15, 0.2) is 0 Å². The summed E-state index contributed by atoms with van der Waals surface area (Å²) in [5.74, 6) is 0.214. The summed E-state index contributed by atoms with van der Waals surface area (Å²) in [6.45, 7) is 2.50. The maximum absolute atomic E-state index is 13.5. The van der Waals surface area contributed by atoms with Gasteiger partial charge < -0.3 is 34.9 Å². The molecule has 10 nitrogen and oxygen atoms in total. The number of nitrogens with zero attached hydrogens (tertiary/aromatic N) is 3. The van der Waals surface area contributed by atoms with Crippen molar-refractivity contribution in [2.45, 2.75) is 31.5 Å². The Morgan fingerprint density at radius 3 is 2.83 bits per heavy atom. The lowest BCUT2D eigenvalue weighted by Gasteiger charge is -2.34. The number of likely N-dealkylation sites (tertiary alicyclic amines) is 1. The number of halogens is 2. The second kappa shape index (κ2) is 11.3. The highest BCUT2D eigenvalue weighted by atomic mass is 79.9. The SMILES string of the molecule is CN1CCC(N2Cc3cc4[nH]c(-c5c(NCC(O)COc6cc(F)ccc6Br)cc[nH]c5=O)nc4cc3C2=O)CC1. The third-order valence-corrected chi connectivity index (χ3v) is 8.37. The number of H-pyrrole nitrogens is 2. The molecule has 2 aliphatic rings. The number of anilines is 1. The van der Waals surface area contributed by atoms with Gasteiger partial charge in [0, 0.05) is 37.0 Å². The summed E-state index contributed by atoms with van der Waals surface area (Å²) >= 11 is 3.30. The van der Waals surface area contributed by atoms with E-state index < -0.39 is 11.9 Å². The van der Waals surface area contributed by atoms with Crippen LogP contribution in [0, 0.1) is 5.82 Å². The average molecular weight is 625 g/mol. The molecule has 41 heavy (non-hydrogen) atoms. The monoisotopic (exact) mass is 624 g/mol. The van der Waals surface area contributed by atoms with Gasteiger partial charge in [0.2, 0.25) is 0 Å². The van der Waals surface area contributed by atoms with Crippen LogP contribution in [-0.2, 0) is 6.54 Å². The van der Waals surface area contributed by atoms with E-state index in [-0.39, 0.29) is 42.0 Å². The van der Waals surface area contributed by atoms with Crippen LogP contribution in [0.3, 0.4) is 0 Å². The molecule has 4 N–H and O–H groups in total. The van der Waals surface area contributed by atoms with Gasteiger partial charge in [-0.1, -0.05) is 0 Å². The summed E-state index contributed by atoms with van der Waals surface area (Å²) < 4.78 is 19.6. The zero-order valence-corrected chi connectivity index (χ0v) is 24.0. The van der Waals surface area contributed by atoms with Gasteiger partial charge in [-0.3, -0.25) is 9.59 Å². The molecule has 0 bridgehead atoms. The summed E-state index contributed by atoms with van der Waals surface area (Å²) in [4.78, 5) is 41.0. The molecule has 2 aromatic carbocycles. The zero-order chi connectivity index (χ0) is 28.7. The number of nitrogens with one attached hydrogen (secondary N) is 3. The summed E-state index contributed by atoms with van der Waals surface area (Å²) in [6, 6.07) is 9.74. The molecule has 0 aliphatic carbocycles. The number of fused-ring (bicyclic) bond motifs is 2. The first kappa shape index (κ1) is 27.4. The highest BCUT2D eigenvalue weighted by Crippen LogP contribution is 2.33. The molecule has 0 spiro atoms. The Morgan fingerprint density at radius 1 is 1.22 bits per heavy atom. The predicted octanol–water partition coefficient (Wildman–Crippen LogP) is 3.72. The number of aliphatic hydroxyl groups is 1. The van der Waals surface area contributed by atoms with Crippen molar-refractivity contribution < 1.29 is 19.0 Å². The van der Waals surface area contributed by atoms with Crippen LogP contribution in [0.15, 0.2) is 51.9 Å². The Labute approximate surface area is 243 Å². The average Bonchev–Trinajstić information content (AvgIpc) is 3.51. The van der Waals surface area contributed by atoms with Crippen LogP contribution in [0.1, 0.15) is 28.8 Å². The highest BCUT2D eigenvalue weighted by molar-refractivity contribution is 9.10. The summed E-state index contributed by atoms with van der Waals surface area (Å²) in [6.07, 6.45) is 2.49. The number of aromatic amines is 2. The first-order chi connectivity index (χ1) is 19.8. The van der Waals surface area contributed by atoms with E-state index >= 15 is 0 Å². The van der Waals surface area contributed by atoms with Gasteiger partial charge in [-0.15, -0.1) is 0 Å². The fourth-order valence-corrected chi connectivity index (χ4v) is 5.84. The van der Waals surface area contributed by atoms with Gasteiger partial charge in [-0.25, -0.2) is 9.37 Å². The fourth-order valence-electron chi connectivity index (χ4n) is 5.48. The van der Waals surface area contributed by atoms with E-state index in [4.69, 9.17) is 4.74 Å². The Balaban J connectivity index is 1.18. The first-order valence-electron chi connectivity index (χ1n) is 13.5. The van der Waals surface area contributed by atoms with Gasteiger partial charge in [-0.05, 0) is 84.8 Å². The topological polar surface area (TPSA) is 127 Å². The van der Waals surface area contributed by atoms with Crippen LogP contribution in [0.4, 0.5) is 10.1 Å². The van der Waals surface area contributed by atoms with Crippen LogP contribution in [0.2, 0.25) is 0 Å². The molecule has 1 atom stereocenters. The van der Waals surface area contributed by atoms with Gasteiger partial charge in [0.1, 0.15) is 35.7 Å². The molecular weight excluding hydrogens is 595 g/mol. The molecule has 2 aromatic heterocycles. The minimum absolute atomic E-state index is 0.0300. The molecule has 12 heteroatoms. The van der Waals surface area contributed by atoms with Crippen molar-refractivity contribution in [3.63, 3.8) is 0 Å². The molecule has 4 aromatic rings. The first-order valence-corrected chi connectivity index (χ1v) is 14.3. The molecule has 1 saturated heterocycles. The number of hydrogen-bond donors (Lipinski definition) is 4. The normalized spacial score (nSPS) is 16.8. The van der Waals surface area contributed by atoms with Gasteiger partial charge in [-0.2, -0.15) is 0 Å². The lowest BCUT2D eigenvalue weighted by Crippen LogP contribution is -2.43. The molecule has 6 rings (SSSR count). The number of piperidine rings is 1. The smallest absolute Gasteiger partial charge is 0.261 e. The van der Waals surface area contributed by atoms with Crippen LogP contribution >= 0.6 is 15.9 Å². The number of carbonyl (C=O) groups is 1. The van der Waals surface area contributed by atoms with E-state index in [1.165, 1.54) is 24.4 Å². The lowest BCUT2D eigenvalue weighted by atomic mass is 10.0. The van der Waals surface area contributed by atoms with Crippen LogP contribution in [0.25, 0.3) is 22.4 Å². The number of pyridine rings is 1. The second-order valence-electron chi connectivity index (χ2n) is 10.6. The number of aromatic nitrogens is 3. The second-order valence-corrected chi connectivity index (χ2v) is 11.4. The molecule has 1 amide bonds. The van der Waals surface area contributed by atoms with E-state index in [1.807, 2.05) is 11.0 Å². The van der Waals surface area contributed by atoms with E-state index in [1.54, 1.807) is 12.1 Å². The third-order valence-electron chi connectivity index (χ3n) is 7.72. The van der Waals surface area contributed by atoms with Crippen LogP contribution in [-0.4, -0.2) is 81.2 Å². The number of hydrogen-bond acceptors (Lipinski definition) is 7. The van der Waals surface area contributed by atoms with Crippen molar-refractivity contribution in [2.24, 2.45) is 0 Å². The van der Waals surface area contributed by atoms with E-state index in [0.717, 1.165) is 37.0 Å². The Morgan fingerprint density at radius 2 is 2.02 bits per heavy atom. The summed E-state index contributed by atoms with van der Waals surface area (Å²) in [5, 5.41) is 13.6. The number of imidazole rings is 1. The quantitative estimate of drug-likeness (QED) is 0.235. The number of carbonyl (C=O) groups excluding carboxylic acids is 1. The third kappa shape index (κ3) is 5.59. The standard InChI is InChI=1S/C29H30BrFN6O4/c1-36-8-5-18(6-9-36)37-14-16-10-23-24(12-20(16)29(37)40)35-27(34-23)26-22(4-7-32-28(26)39)33-13-19(38)15-41-25-11-17(31)2-3-21(25)30/h2-4,7,10-12,18-19,38H,5-6,8-9,13-15H2,1H3,(H,34,35)(H2,32,33,39). The molecule has 0 saturated carbocycles. The minimum Gasteiger partial charge on any atom is -0.490 e. The number of amides is 1. The Hall–Kier alpha value is -3.74. The largest absolute Gasteiger partial charge is 0.490 e. The fraction of sp³-hybridized carbons (Fsp3) is 0.345. The van der Waals surface area contributed by atoms with Gasteiger partial charge in [0.05, 0.1) is 21.2 Å². The zero-order valence-electron chi connectivity index (χ0n) is 22.4. The maximum Gasteiger partial charge on any atom is 0.261 e. The molecule has 0 radical (unpaired) electrons. The van der Waals surface area contributed by atoms with E-state index in [9.17, 15) is 19.1 Å². The summed E-state index contributed by atoms with van der Waals surface area (Å²) in [7, 11) is 2.10. The van der Waals surface area contributed by atoms with Crippen molar-refractivity contribution >= 4 is 38.6 Å². The number of ether oxygens (including phenoxy) is 1. The van der Waals surface area contributed by atoms with E-state index in [2.05, 4.69) is 48.1 Å².